The average molecular weight is 314 g/mol. The molecule has 108 valence electrons. The number of nitrogens with one attached hydrogen (secondary N) is 2. The zero-order valence-corrected chi connectivity index (χ0v) is 12.7. The van der Waals surface area contributed by atoms with Crippen LogP contribution in [0.2, 0.25) is 0 Å². The highest BCUT2D eigenvalue weighted by atomic mass is 32.2. The fourth-order valence-electron chi connectivity index (χ4n) is 1.87. The van der Waals surface area contributed by atoms with Crippen molar-refractivity contribution < 1.29 is 12.8 Å². The van der Waals surface area contributed by atoms with Crippen molar-refractivity contribution >= 4 is 27.0 Å². The molecule has 0 saturated heterocycles. The lowest BCUT2D eigenvalue weighted by Gasteiger charge is -2.10. The lowest BCUT2D eigenvalue weighted by Crippen LogP contribution is -2.17. The van der Waals surface area contributed by atoms with E-state index < -0.39 is 15.8 Å². The van der Waals surface area contributed by atoms with Crippen molar-refractivity contribution in [3.63, 3.8) is 0 Å². The molecule has 2 N–H and O–H groups in total. The van der Waals surface area contributed by atoms with Crippen LogP contribution in [0, 0.1) is 12.7 Å². The molecular weight excluding hydrogens is 299 g/mol. The topological polar surface area (TPSA) is 58.2 Å². The van der Waals surface area contributed by atoms with Crippen molar-refractivity contribution in [1.29, 1.82) is 0 Å². The minimum Gasteiger partial charge on any atom is -0.315 e. The molecule has 0 saturated carbocycles. The van der Waals surface area contributed by atoms with Crippen LogP contribution in [-0.2, 0) is 16.6 Å². The van der Waals surface area contributed by atoms with Gasteiger partial charge in [0.2, 0.25) is 0 Å². The first kappa shape index (κ1) is 15.0. The Morgan fingerprint density at radius 3 is 2.65 bits per heavy atom. The van der Waals surface area contributed by atoms with Crippen molar-refractivity contribution in [2.24, 2.45) is 0 Å². The molecule has 0 atom stereocenters. The van der Waals surface area contributed by atoms with Crippen LogP contribution in [0.3, 0.4) is 0 Å². The largest absolute Gasteiger partial charge is 0.315 e. The van der Waals surface area contributed by atoms with E-state index in [1.807, 2.05) is 0 Å². The number of benzene rings is 1. The Hall–Kier alpha value is -1.44. The number of sulfonamides is 1. The Balaban J connectivity index is 2.41. The van der Waals surface area contributed by atoms with Crippen LogP contribution in [0.15, 0.2) is 34.5 Å². The number of thiophene rings is 1. The Morgan fingerprint density at radius 2 is 2.00 bits per heavy atom. The van der Waals surface area contributed by atoms with Gasteiger partial charge in [-0.15, -0.1) is 11.3 Å². The SMILES string of the molecule is CNCc1scc(C)c1S(=O)(=O)Nc1ccccc1F. The smallest absolute Gasteiger partial charge is 0.263 e. The third-order valence-corrected chi connectivity index (χ3v) is 5.54. The third-order valence-electron chi connectivity index (χ3n) is 2.71. The maximum atomic E-state index is 13.6. The highest BCUT2D eigenvalue weighted by molar-refractivity contribution is 7.93. The Kier molecular flexibility index (Phi) is 4.42. The molecule has 0 fully saturated rings. The molecule has 1 aromatic heterocycles. The second kappa shape index (κ2) is 5.90. The van der Waals surface area contributed by atoms with Gasteiger partial charge in [0.15, 0.2) is 0 Å². The standard InChI is InChI=1S/C13H15FN2O2S2/c1-9-8-19-12(7-15-2)13(9)20(17,18)16-11-6-4-3-5-10(11)14/h3-6,8,15-16H,7H2,1-2H3. The summed E-state index contributed by atoms with van der Waals surface area (Å²) in [5.41, 5.74) is 0.609. The molecule has 0 spiro atoms. The summed E-state index contributed by atoms with van der Waals surface area (Å²) in [6.45, 7) is 2.18. The molecule has 1 heterocycles. The zero-order chi connectivity index (χ0) is 14.8. The number of hydrogen-bond acceptors (Lipinski definition) is 4. The highest BCUT2D eigenvalue weighted by Crippen LogP contribution is 2.29. The molecule has 0 radical (unpaired) electrons. The predicted molar refractivity (Wildman–Crippen MR) is 79.0 cm³/mol. The van der Waals surface area contributed by atoms with E-state index in [0.29, 0.717) is 17.0 Å². The van der Waals surface area contributed by atoms with Crippen LogP contribution in [-0.4, -0.2) is 15.5 Å². The fraction of sp³-hybridized carbons (Fsp3) is 0.231. The van der Waals surface area contributed by atoms with Gasteiger partial charge in [0.05, 0.1) is 5.69 Å². The van der Waals surface area contributed by atoms with Crippen LogP contribution >= 0.6 is 11.3 Å². The normalized spacial score (nSPS) is 11.6. The molecule has 0 aliphatic heterocycles. The number of aryl methyl sites for hydroxylation is 1. The fourth-order valence-corrected chi connectivity index (χ4v) is 4.76. The molecule has 0 amide bonds. The van der Waals surface area contributed by atoms with Gasteiger partial charge in [-0.2, -0.15) is 0 Å². The average Bonchev–Trinajstić information content (AvgIpc) is 2.74. The summed E-state index contributed by atoms with van der Waals surface area (Å²) in [5.74, 6) is -0.598. The maximum Gasteiger partial charge on any atom is 0.263 e. The molecule has 7 heteroatoms. The van der Waals surface area contributed by atoms with E-state index in [9.17, 15) is 12.8 Å². The zero-order valence-electron chi connectivity index (χ0n) is 11.1. The molecule has 2 aromatic rings. The van der Waals surface area contributed by atoms with Crippen molar-refractivity contribution in [2.45, 2.75) is 18.4 Å². The highest BCUT2D eigenvalue weighted by Gasteiger charge is 2.23. The Morgan fingerprint density at radius 1 is 1.30 bits per heavy atom. The summed E-state index contributed by atoms with van der Waals surface area (Å²) in [7, 11) is -2.05. The van der Waals surface area contributed by atoms with Crippen molar-refractivity contribution in [3.8, 4) is 0 Å². The molecular formula is C13H15FN2O2S2. The predicted octanol–water partition coefficient (Wildman–Crippen LogP) is 2.72. The van der Waals surface area contributed by atoms with Gasteiger partial charge in [0, 0.05) is 11.4 Å². The molecule has 2 rings (SSSR count). The minimum absolute atomic E-state index is 0.0477. The monoisotopic (exact) mass is 314 g/mol. The second-order valence-electron chi connectivity index (χ2n) is 4.29. The van der Waals surface area contributed by atoms with E-state index >= 15 is 0 Å². The van der Waals surface area contributed by atoms with Gasteiger partial charge in [-0.25, -0.2) is 12.8 Å². The first-order valence-corrected chi connectivity index (χ1v) is 8.31. The van der Waals surface area contributed by atoms with Crippen molar-refractivity contribution in [3.05, 3.63) is 45.9 Å². The van der Waals surface area contributed by atoms with E-state index in [1.54, 1.807) is 25.4 Å². The molecule has 0 bridgehead atoms. The van der Waals surface area contributed by atoms with E-state index in [-0.39, 0.29) is 10.6 Å². The van der Waals surface area contributed by atoms with Gasteiger partial charge in [0.25, 0.3) is 10.0 Å². The molecule has 1 aromatic carbocycles. The second-order valence-corrected chi connectivity index (χ2v) is 6.87. The lowest BCUT2D eigenvalue weighted by atomic mass is 10.3. The van der Waals surface area contributed by atoms with E-state index in [2.05, 4.69) is 10.0 Å². The molecule has 0 aliphatic carbocycles. The van der Waals surface area contributed by atoms with Crippen molar-refractivity contribution in [1.82, 2.24) is 5.32 Å². The van der Waals surface area contributed by atoms with E-state index in [4.69, 9.17) is 0 Å². The Labute approximate surface area is 121 Å². The summed E-state index contributed by atoms with van der Waals surface area (Å²) in [6.07, 6.45) is 0. The summed E-state index contributed by atoms with van der Waals surface area (Å²) in [4.78, 5) is 0.925. The van der Waals surface area contributed by atoms with E-state index in [1.165, 1.54) is 29.5 Å². The van der Waals surface area contributed by atoms with Crippen LogP contribution in [0.25, 0.3) is 0 Å². The molecule has 20 heavy (non-hydrogen) atoms. The summed E-state index contributed by atoms with van der Waals surface area (Å²) < 4.78 is 40.7. The lowest BCUT2D eigenvalue weighted by molar-refractivity contribution is 0.597. The summed E-state index contributed by atoms with van der Waals surface area (Å²) >= 11 is 1.37. The third kappa shape index (κ3) is 3.00. The molecule has 0 unspecified atom stereocenters. The van der Waals surface area contributed by atoms with Crippen LogP contribution < -0.4 is 10.0 Å². The number of para-hydroxylation sites is 1. The van der Waals surface area contributed by atoms with Gasteiger partial charge < -0.3 is 5.32 Å². The first-order valence-electron chi connectivity index (χ1n) is 5.94. The number of hydrogen-bond donors (Lipinski definition) is 2. The van der Waals surface area contributed by atoms with Gasteiger partial charge in [0.1, 0.15) is 10.7 Å². The number of anilines is 1. The van der Waals surface area contributed by atoms with Gasteiger partial charge >= 0.3 is 0 Å². The minimum atomic E-state index is -3.80. The number of rotatable bonds is 5. The summed E-state index contributed by atoms with van der Waals surface area (Å²) in [5, 5.41) is 4.71. The quantitative estimate of drug-likeness (QED) is 0.892. The first-order chi connectivity index (χ1) is 9.45. The maximum absolute atomic E-state index is 13.6. The van der Waals surface area contributed by atoms with Crippen LogP contribution in [0.4, 0.5) is 10.1 Å². The molecule has 4 nitrogen and oxygen atoms in total. The van der Waals surface area contributed by atoms with Crippen molar-refractivity contribution in [2.75, 3.05) is 11.8 Å². The van der Waals surface area contributed by atoms with Gasteiger partial charge in [-0.05, 0) is 37.0 Å². The van der Waals surface area contributed by atoms with Gasteiger partial charge in [-0.1, -0.05) is 12.1 Å². The number of halogens is 1. The summed E-state index contributed by atoms with van der Waals surface area (Å²) in [6, 6.07) is 5.70. The Bertz CT molecular complexity index is 711. The van der Waals surface area contributed by atoms with Crippen LogP contribution in [0.5, 0.6) is 0 Å². The van der Waals surface area contributed by atoms with Gasteiger partial charge in [-0.3, -0.25) is 4.72 Å². The van der Waals surface area contributed by atoms with E-state index in [0.717, 1.165) is 0 Å². The molecule has 0 aliphatic rings. The van der Waals surface area contributed by atoms with Crippen LogP contribution in [0.1, 0.15) is 10.4 Å².